The first-order valence-electron chi connectivity index (χ1n) is 5.63. The summed E-state index contributed by atoms with van der Waals surface area (Å²) in [4.78, 5) is 34.2. The third-order valence-corrected chi connectivity index (χ3v) is 4.86. The van der Waals surface area contributed by atoms with Gasteiger partial charge in [-0.3, -0.25) is 14.4 Å². The number of fused-ring (bicyclic) bond motifs is 2. The van der Waals surface area contributed by atoms with Crippen LogP contribution in [0.1, 0.15) is 39.5 Å². The van der Waals surface area contributed by atoms with Crippen LogP contribution in [0, 0.1) is 16.7 Å². The summed E-state index contributed by atoms with van der Waals surface area (Å²) in [5.41, 5.74) is -1.07. The minimum atomic E-state index is -0.865. The van der Waals surface area contributed by atoms with Crippen LogP contribution in [0.4, 0.5) is 0 Å². The highest BCUT2D eigenvalue weighted by Crippen LogP contribution is 2.64. The van der Waals surface area contributed by atoms with Crippen molar-refractivity contribution in [2.75, 3.05) is 0 Å². The number of ketones is 2. The van der Waals surface area contributed by atoms with Gasteiger partial charge < -0.3 is 5.11 Å². The number of carbonyl (C=O) groups is 3. The first-order chi connectivity index (χ1) is 7.33. The van der Waals surface area contributed by atoms with Gasteiger partial charge >= 0.3 is 5.97 Å². The third-order valence-electron chi connectivity index (χ3n) is 4.86. The molecule has 0 aliphatic heterocycles. The molecule has 2 rings (SSSR count). The number of hydrogen-bond acceptors (Lipinski definition) is 3. The minimum Gasteiger partial charge on any atom is -0.481 e. The van der Waals surface area contributed by atoms with Gasteiger partial charge in [0.1, 0.15) is 0 Å². The van der Waals surface area contributed by atoms with Crippen molar-refractivity contribution >= 4 is 17.5 Å². The summed E-state index contributed by atoms with van der Waals surface area (Å²) in [7, 11) is 0. The molecule has 2 saturated carbocycles. The Morgan fingerprint density at radius 3 is 2.50 bits per heavy atom. The first kappa shape index (κ1) is 11.3. The van der Waals surface area contributed by atoms with Crippen molar-refractivity contribution < 1.29 is 19.5 Å². The maximum atomic E-state index is 11.9. The van der Waals surface area contributed by atoms with E-state index in [0.29, 0.717) is 6.42 Å². The molecule has 0 heterocycles. The second-order valence-electron chi connectivity index (χ2n) is 5.43. The molecule has 0 saturated heterocycles. The van der Waals surface area contributed by atoms with Crippen LogP contribution in [0.2, 0.25) is 0 Å². The van der Waals surface area contributed by atoms with Crippen LogP contribution in [-0.4, -0.2) is 22.6 Å². The molecule has 1 N–H and O–H groups in total. The van der Waals surface area contributed by atoms with Gasteiger partial charge in [0, 0.05) is 17.8 Å². The molecule has 0 unspecified atom stereocenters. The van der Waals surface area contributed by atoms with Crippen LogP contribution >= 0.6 is 0 Å². The molecule has 4 nitrogen and oxygen atoms in total. The lowest BCUT2D eigenvalue weighted by Crippen LogP contribution is -2.35. The van der Waals surface area contributed by atoms with Gasteiger partial charge in [0.15, 0.2) is 0 Å². The van der Waals surface area contributed by atoms with E-state index in [2.05, 4.69) is 0 Å². The third kappa shape index (κ3) is 1.13. The molecule has 0 spiro atoms. The Balaban J connectivity index is 2.31. The molecule has 88 valence electrons. The molecule has 2 aliphatic rings. The molecule has 0 amide bonds. The van der Waals surface area contributed by atoms with Gasteiger partial charge in [-0.05, 0) is 24.7 Å². The monoisotopic (exact) mass is 224 g/mol. The number of carboxylic acid groups (broad SMARTS) is 1. The zero-order valence-corrected chi connectivity index (χ0v) is 9.58. The van der Waals surface area contributed by atoms with E-state index in [1.807, 2.05) is 13.8 Å². The molecule has 0 aromatic heterocycles. The van der Waals surface area contributed by atoms with E-state index in [0.717, 1.165) is 12.8 Å². The van der Waals surface area contributed by atoms with Crippen LogP contribution in [0.25, 0.3) is 0 Å². The SMILES string of the molecule is C[C@]12CC[C@H](C(=O)C1=O)[C@@]2(C)CCC(=O)O. The second-order valence-corrected chi connectivity index (χ2v) is 5.43. The molecule has 0 aromatic carbocycles. The summed E-state index contributed by atoms with van der Waals surface area (Å²) in [6.07, 6.45) is 1.90. The summed E-state index contributed by atoms with van der Waals surface area (Å²) < 4.78 is 0. The Labute approximate surface area is 94.0 Å². The van der Waals surface area contributed by atoms with Crippen molar-refractivity contribution in [2.45, 2.75) is 39.5 Å². The van der Waals surface area contributed by atoms with E-state index in [4.69, 9.17) is 5.11 Å². The second kappa shape index (κ2) is 3.15. The largest absolute Gasteiger partial charge is 0.481 e. The summed E-state index contributed by atoms with van der Waals surface area (Å²) >= 11 is 0. The minimum absolute atomic E-state index is 0.0309. The zero-order valence-electron chi connectivity index (χ0n) is 9.58. The zero-order chi connectivity index (χ0) is 12.1. The lowest BCUT2D eigenvalue weighted by molar-refractivity contribution is -0.141. The summed E-state index contributed by atoms with van der Waals surface area (Å²) in [6, 6.07) is 0. The molecule has 16 heavy (non-hydrogen) atoms. The van der Waals surface area contributed by atoms with Crippen LogP contribution in [0.5, 0.6) is 0 Å². The van der Waals surface area contributed by atoms with E-state index in [-0.39, 0.29) is 23.9 Å². The van der Waals surface area contributed by atoms with Crippen molar-refractivity contribution in [1.29, 1.82) is 0 Å². The van der Waals surface area contributed by atoms with Crippen molar-refractivity contribution in [3.05, 3.63) is 0 Å². The molecule has 4 heteroatoms. The molecular weight excluding hydrogens is 208 g/mol. The van der Waals surface area contributed by atoms with Gasteiger partial charge in [-0.2, -0.15) is 0 Å². The van der Waals surface area contributed by atoms with Crippen molar-refractivity contribution in [3.8, 4) is 0 Å². The highest BCUT2D eigenvalue weighted by molar-refractivity contribution is 6.43. The molecule has 2 bridgehead atoms. The predicted octanol–water partition coefficient (Wildman–Crippen LogP) is 1.43. The number of carbonyl (C=O) groups excluding carboxylic acids is 2. The molecule has 0 aromatic rings. The van der Waals surface area contributed by atoms with Gasteiger partial charge in [0.25, 0.3) is 0 Å². The fraction of sp³-hybridized carbons (Fsp3) is 0.750. The number of Topliss-reactive ketones (excluding diaryl/α,β-unsaturated/α-hetero) is 2. The van der Waals surface area contributed by atoms with E-state index in [1.165, 1.54) is 0 Å². The molecular formula is C12H16O4. The van der Waals surface area contributed by atoms with Gasteiger partial charge in [-0.15, -0.1) is 0 Å². The summed E-state index contributed by atoms with van der Waals surface area (Å²) in [5.74, 6) is -1.67. The Hall–Kier alpha value is -1.19. The van der Waals surface area contributed by atoms with E-state index >= 15 is 0 Å². The number of carboxylic acids is 1. The fourth-order valence-electron chi connectivity index (χ4n) is 3.46. The van der Waals surface area contributed by atoms with Gasteiger partial charge in [0.05, 0.1) is 0 Å². The van der Waals surface area contributed by atoms with Crippen molar-refractivity contribution in [3.63, 3.8) is 0 Å². The number of rotatable bonds is 3. The van der Waals surface area contributed by atoms with E-state index in [9.17, 15) is 14.4 Å². The molecule has 2 aliphatic carbocycles. The summed E-state index contributed by atoms with van der Waals surface area (Å²) in [5, 5.41) is 8.73. The average Bonchev–Trinajstić information content (AvgIpc) is 2.54. The maximum Gasteiger partial charge on any atom is 0.303 e. The molecule has 2 fully saturated rings. The smallest absolute Gasteiger partial charge is 0.303 e. The van der Waals surface area contributed by atoms with Gasteiger partial charge in [-0.1, -0.05) is 13.8 Å². The quantitative estimate of drug-likeness (QED) is 0.736. The Kier molecular flexibility index (Phi) is 2.23. The predicted molar refractivity (Wildman–Crippen MR) is 55.8 cm³/mol. The lowest BCUT2D eigenvalue weighted by atomic mass is 9.66. The summed E-state index contributed by atoms with van der Waals surface area (Å²) in [6.45, 7) is 3.72. The van der Waals surface area contributed by atoms with Crippen molar-refractivity contribution in [2.24, 2.45) is 16.7 Å². The van der Waals surface area contributed by atoms with Crippen molar-refractivity contribution in [1.82, 2.24) is 0 Å². The lowest BCUT2D eigenvalue weighted by Gasteiger charge is -2.35. The van der Waals surface area contributed by atoms with Crippen LogP contribution in [-0.2, 0) is 14.4 Å². The fourth-order valence-corrected chi connectivity index (χ4v) is 3.46. The van der Waals surface area contributed by atoms with Crippen LogP contribution in [0.3, 0.4) is 0 Å². The standard InChI is InChI=1S/C12H16O4/c1-11(6-4-8(13)14)7-3-5-12(11,2)10(16)9(7)15/h7H,3-6H2,1-2H3,(H,13,14)/t7-,11-,12+/m1/s1. The first-order valence-corrected chi connectivity index (χ1v) is 5.63. The van der Waals surface area contributed by atoms with Gasteiger partial charge in [0.2, 0.25) is 11.6 Å². The Morgan fingerprint density at radius 1 is 1.44 bits per heavy atom. The number of aliphatic carboxylic acids is 1. The molecule has 3 atom stereocenters. The van der Waals surface area contributed by atoms with E-state index < -0.39 is 16.8 Å². The van der Waals surface area contributed by atoms with Crippen LogP contribution < -0.4 is 0 Å². The van der Waals surface area contributed by atoms with E-state index in [1.54, 1.807) is 0 Å². The Bertz CT molecular complexity index is 386. The Morgan fingerprint density at radius 2 is 2.06 bits per heavy atom. The number of hydrogen-bond donors (Lipinski definition) is 1. The highest BCUT2D eigenvalue weighted by atomic mass is 16.4. The van der Waals surface area contributed by atoms with Crippen LogP contribution in [0.15, 0.2) is 0 Å². The highest BCUT2D eigenvalue weighted by Gasteiger charge is 2.68. The van der Waals surface area contributed by atoms with Gasteiger partial charge in [-0.25, -0.2) is 0 Å². The average molecular weight is 224 g/mol. The normalized spacial score (nSPS) is 41.8. The molecule has 0 radical (unpaired) electrons. The maximum absolute atomic E-state index is 11.9. The topological polar surface area (TPSA) is 71.4 Å².